The molecule has 0 aliphatic carbocycles. The summed E-state index contributed by atoms with van der Waals surface area (Å²) in [6, 6.07) is 3.81. The van der Waals surface area contributed by atoms with Crippen molar-refractivity contribution >= 4 is 32.6 Å². The second-order valence-corrected chi connectivity index (χ2v) is 3.94. The first-order chi connectivity index (χ1) is 6.78. The van der Waals surface area contributed by atoms with E-state index in [1.165, 1.54) is 0 Å². The van der Waals surface area contributed by atoms with Gasteiger partial charge < -0.3 is 4.98 Å². The van der Waals surface area contributed by atoms with Gasteiger partial charge in [-0.1, -0.05) is 12.1 Å². The molecule has 0 radical (unpaired) electrons. The van der Waals surface area contributed by atoms with Gasteiger partial charge in [0.05, 0.1) is 0 Å². The van der Waals surface area contributed by atoms with E-state index < -0.39 is 0 Å². The maximum absolute atomic E-state index is 4.76. The molecule has 0 fully saturated rings. The van der Waals surface area contributed by atoms with E-state index in [1.54, 1.807) is 26.5 Å². The summed E-state index contributed by atoms with van der Waals surface area (Å²) in [4.78, 5) is 11.9. The van der Waals surface area contributed by atoms with Gasteiger partial charge in [0.15, 0.2) is 0 Å². The average molecular weight is 275 g/mol. The molecule has 0 aromatic carbocycles. The Balaban J connectivity index is 0.000000500. The van der Waals surface area contributed by atoms with Crippen LogP contribution in [-0.2, 0) is 13.1 Å². The van der Waals surface area contributed by atoms with Crippen LogP contribution in [0, 0.1) is 0 Å². The molecule has 0 aliphatic heterocycles. The van der Waals surface area contributed by atoms with Crippen LogP contribution in [-0.4, -0.2) is 26.5 Å². The number of halogens is 2. The second-order valence-electron chi connectivity index (χ2n) is 2.12. The number of rotatable bonds is 2. The van der Waals surface area contributed by atoms with Crippen LogP contribution in [0.1, 0.15) is 11.4 Å². The van der Waals surface area contributed by atoms with Gasteiger partial charge in [-0.25, -0.2) is 0 Å². The molecular formula is C8H10Cl2FeN3. The van der Waals surface area contributed by atoms with Crippen molar-refractivity contribution in [2.24, 2.45) is 9.98 Å². The van der Waals surface area contributed by atoms with E-state index in [2.05, 4.69) is 15.0 Å². The molecule has 1 rings (SSSR count). The van der Waals surface area contributed by atoms with Gasteiger partial charge in [0, 0.05) is 26.5 Å². The summed E-state index contributed by atoms with van der Waals surface area (Å²) in [7, 11) is 13.0. The molecule has 79 valence electrons. The summed E-state index contributed by atoms with van der Waals surface area (Å²) in [5.41, 5.74) is 1.75. The van der Waals surface area contributed by atoms with Gasteiger partial charge in [-0.05, 0) is 0 Å². The Kier molecular flexibility index (Phi) is 9.10. The molecule has 1 aromatic heterocycles. The van der Waals surface area contributed by atoms with Gasteiger partial charge in [0.2, 0.25) is 0 Å². The van der Waals surface area contributed by atoms with Crippen LogP contribution in [0.25, 0.3) is 0 Å². The fourth-order valence-corrected chi connectivity index (χ4v) is 0.803. The topological polar surface area (TPSA) is 38.8 Å². The predicted molar refractivity (Wildman–Crippen MR) is 58.5 cm³/mol. The van der Waals surface area contributed by atoms with Crippen molar-refractivity contribution < 1.29 is 13.1 Å². The molecule has 0 atom stereocenters. The maximum atomic E-state index is 4.76. The van der Waals surface area contributed by atoms with Gasteiger partial charge in [0.1, 0.15) is 0 Å². The summed E-state index contributed by atoms with van der Waals surface area (Å²) in [6.45, 7) is 0. The molecule has 0 saturated heterocycles. The fourth-order valence-electron chi connectivity index (χ4n) is 0.803. The van der Waals surface area contributed by atoms with Crippen LogP contribution in [0.5, 0.6) is 0 Å². The first-order valence-corrected chi connectivity index (χ1v) is 6.65. The van der Waals surface area contributed by atoms with Crippen molar-refractivity contribution in [2.45, 2.75) is 0 Å². The zero-order chi connectivity index (χ0) is 10.8. The van der Waals surface area contributed by atoms with Gasteiger partial charge in [-0.2, -0.15) is 0 Å². The van der Waals surface area contributed by atoms with E-state index in [-0.39, 0.29) is 13.1 Å². The molecule has 0 aliphatic rings. The van der Waals surface area contributed by atoms with Crippen molar-refractivity contribution in [1.82, 2.24) is 4.98 Å². The first kappa shape index (κ1) is 13.7. The second kappa shape index (κ2) is 9.28. The molecule has 1 heterocycles. The number of nitrogens with zero attached hydrogens (tertiary/aromatic N) is 3. The summed E-state index contributed by atoms with van der Waals surface area (Å²) in [6.07, 6.45) is 3.43. The molecular weight excluding hydrogens is 265 g/mol. The van der Waals surface area contributed by atoms with E-state index in [0.29, 0.717) is 0 Å². The number of hydrogen-bond donors (Lipinski definition) is 0. The average Bonchev–Trinajstić information content (AvgIpc) is 2.55. The number of aliphatic imine (C=N–C) groups is 2. The van der Waals surface area contributed by atoms with Gasteiger partial charge >= 0.3 is 33.3 Å². The summed E-state index contributed by atoms with van der Waals surface area (Å²) >= 11 is 0.194. The van der Waals surface area contributed by atoms with Crippen molar-refractivity contribution in [1.29, 1.82) is 0 Å². The minimum atomic E-state index is 0.194. The first-order valence-electron chi connectivity index (χ1n) is 3.61. The van der Waals surface area contributed by atoms with Crippen molar-refractivity contribution in [3.63, 3.8) is 0 Å². The Bertz CT molecular complexity index is 270. The Morgan fingerprint density at radius 2 is 1.50 bits per heavy atom. The number of hydrogen-bond acceptors (Lipinski definition) is 2. The predicted octanol–water partition coefficient (Wildman–Crippen LogP) is 2.12. The van der Waals surface area contributed by atoms with E-state index in [9.17, 15) is 0 Å². The van der Waals surface area contributed by atoms with Crippen LogP contribution >= 0.6 is 20.2 Å². The third-order valence-electron chi connectivity index (χ3n) is 1.21. The van der Waals surface area contributed by atoms with E-state index >= 15 is 0 Å². The summed E-state index contributed by atoms with van der Waals surface area (Å²) < 4.78 is 0. The fraction of sp³-hybridized carbons (Fsp3) is 0.250. The van der Waals surface area contributed by atoms with E-state index in [1.807, 2.05) is 12.1 Å². The van der Waals surface area contributed by atoms with Crippen LogP contribution in [0.15, 0.2) is 22.1 Å². The zero-order valence-corrected chi connectivity index (χ0v) is 10.4. The monoisotopic (exact) mass is 274 g/mol. The zero-order valence-electron chi connectivity index (χ0n) is 7.76. The Morgan fingerprint density at radius 3 is 1.79 bits per heavy atom. The third kappa shape index (κ3) is 6.22. The van der Waals surface area contributed by atoms with Crippen LogP contribution < -0.4 is 4.98 Å². The van der Waals surface area contributed by atoms with Gasteiger partial charge in [-0.15, -0.1) is 11.4 Å². The molecule has 0 bridgehead atoms. The molecule has 0 unspecified atom stereocenters. The quantitative estimate of drug-likeness (QED) is 0.601. The van der Waals surface area contributed by atoms with Crippen LogP contribution in [0.3, 0.4) is 0 Å². The minimum absolute atomic E-state index is 0.194. The Labute approximate surface area is 98.2 Å². The number of aromatic nitrogens is 1. The standard InChI is InChI=1S/C8H10N3.2ClH.Fe/c1-9-5-7-3-4-8(11-7)6-10-2;;;/h3-6H,1-2H3;2*1H;/q-1;;;+3/p-2. The molecule has 0 N–H and O–H groups in total. The SMILES string of the molecule is CN=Cc1ccc(C=NC)[n-]1.[Cl][Fe+][Cl]. The summed E-state index contributed by atoms with van der Waals surface area (Å²) in [5, 5.41) is 0. The molecule has 0 spiro atoms. The van der Waals surface area contributed by atoms with Crippen molar-refractivity contribution in [3.05, 3.63) is 23.5 Å². The molecule has 0 saturated carbocycles. The molecule has 1 aromatic rings. The Hall–Kier alpha value is -0.281. The molecule has 0 amide bonds. The third-order valence-corrected chi connectivity index (χ3v) is 1.21. The van der Waals surface area contributed by atoms with Crippen molar-refractivity contribution in [3.8, 4) is 0 Å². The molecule has 14 heavy (non-hydrogen) atoms. The van der Waals surface area contributed by atoms with Gasteiger partial charge in [-0.3, -0.25) is 9.98 Å². The van der Waals surface area contributed by atoms with Crippen molar-refractivity contribution in [2.75, 3.05) is 14.1 Å². The van der Waals surface area contributed by atoms with Crippen LogP contribution in [0.2, 0.25) is 0 Å². The Morgan fingerprint density at radius 1 is 1.14 bits per heavy atom. The molecule has 3 nitrogen and oxygen atoms in total. The van der Waals surface area contributed by atoms with E-state index in [0.717, 1.165) is 11.4 Å². The normalized spacial score (nSPS) is 10.6. The van der Waals surface area contributed by atoms with Gasteiger partial charge in [0.25, 0.3) is 0 Å². The summed E-state index contributed by atoms with van der Waals surface area (Å²) in [5.74, 6) is 0. The van der Waals surface area contributed by atoms with E-state index in [4.69, 9.17) is 20.2 Å². The van der Waals surface area contributed by atoms with Crippen LogP contribution in [0.4, 0.5) is 0 Å². The molecule has 6 heteroatoms.